The quantitative estimate of drug-likeness (QED) is 0.424. The maximum Gasteiger partial charge on any atom is 0.393 e. The number of aliphatic carboxylic acids is 1. The normalized spacial score (nSPS) is 12.1. The molecule has 192 valence electrons. The molecule has 1 aromatic carbocycles. The summed E-state index contributed by atoms with van der Waals surface area (Å²) < 4.78 is 49.9. The Hall–Kier alpha value is -4.16. The fraction of sp³-hybridized carbons (Fsp3) is 0.348. The molecule has 3 rings (SSSR count). The van der Waals surface area contributed by atoms with Crippen molar-refractivity contribution in [2.75, 3.05) is 38.5 Å². The molecule has 0 aliphatic rings. The molecule has 0 radical (unpaired) electrons. The summed E-state index contributed by atoms with van der Waals surface area (Å²) >= 11 is 0. The van der Waals surface area contributed by atoms with E-state index in [0.717, 1.165) is 6.20 Å². The van der Waals surface area contributed by atoms with E-state index in [9.17, 15) is 23.1 Å². The van der Waals surface area contributed by atoms with Crippen LogP contribution in [0.5, 0.6) is 11.5 Å². The van der Waals surface area contributed by atoms with E-state index in [2.05, 4.69) is 25.3 Å². The van der Waals surface area contributed by atoms with Gasteiger partial charge in [-0.25, -0.2) is 19.7 Å². The summed E-state index contributed by atoms with van der Waals surface area (Å²) in [5.41, 5.74) is 0.692. The first-order valence-electron chi connectivity index (χ1n) is 10.6. The number of anilines is 2. The molecule has 0 amide bonds. The lowest BCUT2D eigenvalue weighted by Crippen LogP contribution is -2.33. The number of halogens is 3. The Morgan fingerprint density at radius 2 is 1.69 bits per heavy atom. The standard InChI is InChI=1S/C23H25F3N6O4/c1-32(2)22-29-12-14(9-23(24,25)26)19(31-22)30-15(21(33)34)8-13-10-27-20(28-11-13)18-16(35-3)6-5-7-17(18)36-4/h5-7,10-12,15H,8-9H2,1-4H3,(H,33,34)(H,29,30,31). The zero-order valence-corrected chi connectivity index (χ0v) is 20.0. The highest BCUT2D eigenvalue weighted by atomic mass is 19.4. The minimum atomic E-state index is -4.53. The number of carboxylic acids is 1. The van der Waals surface area contributed by atoms with Crippen LogP contribution in [-0.2, 0) is 17.6 Å². The smallest absolute Gasteiger partial charge is 0.393 e. The van der Waals surface area contributed by atoms with Crippen LogP contribution in [-0.4, -0.2) is 71.5 Å². The first kappa shape index (κ1) is 26.4. The van der Waals surface area contributed by atoms with Gasteiger partial charge in [-0.15, -0.1) is 0 Å². The highest BCUT2D eigenvalue weighted by Gasteiger charge is 2.31. The summed E-state index contributed by atoms with van der Waals surface area (Å²) in [5, 5.41) is 12.4. The van der Waals surface area contributed by atoms with Crippen LogP contribution >= 0.6 is 0 Å². The Labute approximate surface area is 205 Å². The molecule has 2 heterocycles. The minimum Gasteiger partial charge on any atom is -0.496 e. The van der Waals surface area contributed by atoms with Crippen LogP contribution in [0.15, 0.2) is 36.8 Å². The molecule has 0 aliphatic carbocycles. The highest BCUT2D eigenvalue weighted by molar-refractivity contribution is 5.78. The van der Waals surface area contributed by atoms with E-state index in [1.54, 1.807) is 32.3 Å². The van der Waals surface area contributed by atoms with Crippen LogP contribution in [0.3, 0.4) is 0 Å². The van der Waals surface area contributed by atoms with Gasteiger partial charge in [0, 0.05) is 44.7 Å². The van der Waals surface area contributed by atoms with E-state index >= 15 is 0 Å². The van der Waals surface area contributed by atoms with E-state index < -0.39 is 24.6 Å². The number of carboxylic acid groups (broad SMARTS) is 1. The van der Waals surface area contributed by atoms with Crippen LogP contribution in [0.4, 0.5) is 24.9 Å². The second-order valence-corrected chi connectivity index (χ2v) is 7.92. The zero-order chi connectivity index (χ0) is 26.5. The lowest BCUT2D eigenvalue weighted by molar-refractivity contribution is -0.137. The van der Waals surface area contributed by atoms with Gasteiger partial charge in [-0.2, -0.15) is 18.2 Å². The molecule has 0 fully saturated rings. The summed E-state index contributed by atoms with van der Waals surface area (Å²) in [6.45, 7) is 0. The third kappa shape index (κ3) is 6.49. The molecule has 3 aromatic rings. The van der Waals surface area contributed by atoms with Gasteiger partial charge in [-0.05, 0) is 17.7 Å². The highest BCUT2D eigenvalue weighted by Crippen LogP contribution is 2.36. The average Bonchev–Trinajstić information content (AvgIpc) is 2.83. The summed E-state index contributed by atoms with van der Waals surface area (Å²) in [4.78, 5) is 30.1. The third-order valence-electron chi connectivity index (χ3n) is 5.05. The Morgan fingerprint density at radius 3 is 2.19 bits per heavy atom. The van der Waals surface area contributed by atoms with Crippen molar-refractivity contribution in [3.63, 3.8) is 0 Å². The Kier molecular flexibility index (Phi) is 8.12. The molecular formula is C23H25F3N6O4. The molecule has 2 N–H and O–H groups in total. The topological polar surface area (TPSA) is 123 Å². The van der Waals surface area contributed by atoms with Gasteiger partial charge in [-0.3, -0.25) is 0 Å². The summed E-state index contributed by atoms with van der Waals surface area (Å²) in [6.07, 6.45) is -2.04. The number of nitrogens with one attached hydrogen (secondary N) is 1. The molecule has 10 nitrogen and oxygen atoms in total. The lowest BCUT2D eigenvalue weighted by atomic mass is 10.1. The van der Waals surface area contributed by atoms with Gasteiger partial charge >= 0.3 is 12.1 Å². The van der Waals surface area contributed by atoms with Crippen molar-refractivity contribution < 1.29 is 32.5 Å². The number of nitrogens with zero attached hydrogens (tertiary/aromatic N) is 5. The number of carbonyl (C=O) groups is 1. The number of alkyl halides is 3. The van der Waals surface area contributed by atoms with Crippen molar-refractivity contribution in [3.05, 3.63) is 47.9 Å². The monoisotopic (exact) mass is 506 g/mol. The fourth-order valence-electron chi connectivity index (χ4n) is 3.34. The summed E-state index contributed by atoms with van der Waals surface area (Å²) in [7, 11) is 6.23. The van der Waals surface area contributed by atoms with Gasteiger partial charge in [0.25, 0.3) is 0 Å². The van der Waals surface area contributed by atoms with Gasteiger partial charge in [-0.1, -0.05) is 6.07 Å². The molecule has 0 saturated heterocycles. The van der Waals surface area contributed by atoms with E-state index in [1.807, 2.05) is 0 Å². The van der Waals surface area contributed by atoms with Gasteiger partial charge < -0.3 is 24.8 Å². The first-order valence-corrected chi connectivity index (χ1v) is 10.6. The number of hydrogen-bond acceptors (Lipinski definition) is 9. The maximum absolute atomic E-state index is 13.1. The Bertz CT molecular complexity index is 1180. The molecule has 1 unspecified atom stereocenters. The van der Waals surface area contributed by atoms with Gasteiger partial charge in [0.05, 0.1) is 20.6 Å². The first-order chi connectivity index (χ1) is 17.0. The number of ether oxygens (including phenoxy) is 2. The predicted octanol–water partition coefficient (Wildman–Crippen LogP) is 3.23. The van der Waals surface area contributed by atoms with Crippen LogP contribution in [0, 0.1) is 0 Å². The molecule has 13 heteroatoms. The second-order valence-electron chi connectivity index (χ2n) is 7.92. The molecule has 2 aromatic heterocycles. The van der Waals surface area contributed by atoms with Crippen LogP contribution < -0.4 is 19.7 Å². The Morgan fingerprint density at radius 1 is 1.08 bits per heavy atom. The molecule has 1 atom stereocenters. The zero-order valence-electron chi connectivity index (χ0n) is 20.0. The van der Waals surface area contributed by atoms with Crippen molar-refractivity contribution in [3.8, 4) is 22.9 Å². The van der Waals surface area contributed by atoms with Crippen LogP contribution in [0.1, 0.15) is 11.1 Å². The van der Waals surface area contributed by atoms with Crippen molar-refractivity contribution in [1.29, 1.82) is 0 Å². The minimum absolute atomic E-state index is 0.120. The summed E-state index contributed by atoms with van der Waals surface area (Å²) in [6, 6.07) is 3.89. The van der Waals surface area contributed by atoms with Crippen molar-refractivity contribution in [1.82, 2.24) is 19.9 Å². The number of hydrogen-bond donors (Lipinski definition) is 2. The molecule has 0 saturated carbocycles. The number of benzene rings is 1. The van der Waals surface area contributed by atoms with E-state index in [0.29, 0.717) is 28.5 Å². The number of aromatic nitrogens is 4. The average molecular weight is 506 g/mol. The lowest BCUT2D eigenvalue weighted by Gasteiger charge is -2.20. The molecule has 0 spiro atoms. The summed E-state index contributed by atoms with van der Waals surface area (Å²) in [5.74, 6) is -0.0874. The molecule has 36 heavy (non-hydrogen) atoms. The molecule has 0 aliphatic heterocycles. The fourth-order valence-corrected chi connectivity index (χ4v) is 3.34. The second kappa shape index (κ2) is 11.1. The number of methoxy groups -OCH3 is 2. The van der Waals surface area contributed by atoms with E-state index in [4.69, 9.17) is 9.47 Å². The van der Waals surface area contributed by atoms with Gasteiger partial charge in [0.15, 0.2) is 5.82 Å². The van der Waals surface area contributed by atoms with E-state index in [1.165, 1.54) is 31.5 Å². The molecular weight excluding hydrogens is 481 g/mol. The maximum atomic E-state index is 13.1. The van der Waals surface area contributed by atoms with E-state index in [-0.39, 0.29) is 23.8 Å². The van der Waals surface area contributed by atoms with Crippen molar-refractivity contribution in [2.24, 2.45) is 0 Å². The molecule has 0 bridgehead atoms. The SMILES string of the molecule is COc1cccc(OC)c1-c1ncc(CC(Nc2nc(N(C)C)ncc2CC(F)(F)F)C(=O)O)cn1. The van der Waals surface area contributed by atoms with Crippen molar-refractivity contribution >= 4 is 17.7 Å². The predicted molar refractivity (Wildman–Crippen MR) is 125 cm³/mol. The van der Waals surface area contributed by atoms with Crippen LogP contribution in [0.25, 0.3) is 11.4 Å². The van der Waals surface area contributed by atoms with Crippen molar-refractivity contribution in [2.45, 2.75) is 25.1 Å². The van der Waals surface area contributed by atoms with Gasteiger partial charge in [0.1, 0.15) is 28.9 Å². The Balaban J connectivity index is 1.88. The third-order valence-corrected chi connectivity index (χ3v) is 5.05. The van der Waals surface area contributed by atoms with Crippen LogP contribution in [0.2, 0.25) is 0 Å². The van der Waals surface area contributed by atoms with Gasteiger partial charge in [0.2, 0.25) is 5.95 Å². The largest absolute Gasteiger partial charge is 0.496 e. The number of rotatable bonds is 10.